The maximum absolute atomic E-state index is 13.0. The zero-order valence-corrected chi connectivity index (χ0v) is 17.7. The Balaban J connectivity index is 0.00000256. The molecule has 1 aliphatic heterocycles. The van der Waals surface area contributed by atoms with Gasteiger partial charge in [-0.3, -0.25) is 4.79 Å². The van der Waals surface area contributed by atoms with Crippen LogP contribution in [0.5, 0.6) is 0 Å². The molecule has 162 valence electrons. The van der Waals surface area contributed by atoms with E-state index in [0.717, 1.165) is 32.0 Å². The number of amides is 1. The molecule has 0 spiro atoms. The van der Waals surface area contributed by atoms with E-state index in [1.54, 1.807) is 0 Å². The molecule has 7 heteroatoms. The fourth-order valence-corrected chi connectivity index (χ4v) is 4.34. The first kappa shape index (κ1) is 22.7. The van der Waals surface area contributed by atoms with E-state index >= 15 is 0 Å². The number of anilines is 1. The summed E-state index contributed by atoms with van der Waals surface area (Å²) in [5.41, 5.74) is 2.35. The zero-order chi connectivity index (χ0) is 20.1. The van der Waals surface area contributed by atoms with Crippen molar-refractivity contribution in [3.63, 3.8) is 0 Å². The first-order valence-electron chi connectivity index (χ1n) is 10.4. The van der Waals surface area contributed by atoms with Crippen LogP contribution < -0.4 is 16.0 Å². The average molecular weight is 434 g/mol. The van der Waals surface area contributed by atoms with Gasteiger partial charge in [-0.05, 0) is 60.7 Å². The minimum Gasteiger partial charge on any atom is -0.379 e. The number of nitrogens with one attached hydrogen (secondary N) is 3. The molecule has 2 aromatic rings. The van der Waals surface area contributed by atoms with E-state index in [1.807, 2.05) is 24.3 Å². The fraction of sp³-hybridized carbons (Fsp3) is 0.435. The number of carbonyl (C=O) groups is 1. The predicted molar refractivity (Wildman–Crippen MR) is 119 cm³/mol. The van der Waals surface area contributed by atoms with Gasteiger partial charge >= 0.3 is 0 Å². The molecule has 2 aromatic carbocycles. The second kappa shape index (κ2) is 10.9. The molecule has 5 nitrogen and oxygen atoms in total. The van der Waals surface area contributed by atoms with Gasteiger partial charge in [-0.25, -0.2) is 4.39 Å². The molecule has 1 aliphatic carbocycles. The van der Waals surface area contributed by atoms with Gasteiger partial charge in [0.25, 0.3) is 5.91 Å². The van der Waals surface area contributed by atoms with Gasteiger partial charge < -0.3 is 20.7 Å². The summed E-state index contributed by atoms with van der Waals surface area (Å²) in [5.74, 6) is 0.0196. The standard InChI is InChI=1S/C23H28FN3O2.ClH/c24-18-8-6-17(7-9-18)23(28)27-19-10-4-16(5-11-19)14-26-21-3-1-2-20(21)22-15-29-13-12-25-22;/h4-11,20-22,25-26H,1-3,12-15H2,(H,27,28);1H. The summed E-state index contributed by atoms with van der Waals surface area (Å²) in [4.78, 5) is 12.2. The van der Waals surface area contributed by atoms with E-state index < -0.39 is 0 Å². The predicted octanol–water partition coefficient (Wildman–Crippen LogP) is 3.75. The van der Waals surface area contributed by atoms with Gasteiger partial charge in [-0.15, -0.1) is 12.4 Å². The second-order valence-electron chi connectivity index (χ2n) is 7.88. The third-order valence-corrected chi connectivity index (χ3v) is 5.92. The lowest BCUT2D eigenvalue weighted by Crippen LogP contribution is -2.50. The Morgan fingerprint density at radius 2 is 1.87 bits per heavy atom. The third kappa shape index (κ3) is 5.79. The molecule has 30 heavy (non-hydrogen) atoms. The topological polar surface area (TPSA) is 62.4 Å². The summed E-state index contributed by atoms with van der Waals surface area (Å²) in [6.45, 7) is 3.37. The van der Waals surface area contributed by atoms with E-state index in [4.69, 9.17) is 4.74 Å². The molecule has 4 rings (SSSR count). The number of benzene rings is 2. The largest absolute Gasteiger partial charge is 0.379 e. The molecule has 0 aromatic heterocycles. The van der Waals surface area contributed by atoms with Crippen molar-refractivity contribution in [2.24, 2.45) is 5.92 Å². The van der Waals surface area contributed by atoms with Crippen LogP contribution in [0.3, 0.4) is 0 Å². The van der Waals surface area contributed by atoms with Gasteiger partial charge in [-0.1, -0.05) is 18.6 Å². The summed E-state index contributed by atoms with van der Waals surface area (Å²) < 4.78 is 18.6. The molecule has 3 N–H and O–H groups in total. The Morgan fingerprint density at radius 3 is 2.57 bits per heavy atom. The van der Waals surface area contributed by atoms with Gasteiger partial charge in [0.05, 0.1) is 13.2 Å². The highest BCUT2D eigenvalue weighted by molar-refractivity contribution is 6.04. The van der Waals surface area contributed by atoms with Crippen LogP contribution in [0.15, 0.2) is 48.5 Å². The van der Waals surface area contributed by atoms with Crippen molar-refractivity contribution in [1.82, 2.24) is 10.6 Å². The highest BCUT2D eigenvalue weighted by Gasteiger charge is 2.34. The Bertz CT molecular complexity index is 810. The monoisotopic (exact) mass is 433 g/mol. The van der Waals surface area contributed by atoms with Crippen LogP contribution in [0, 0.1) is 11.7 Å². The van der Waals surface area contributed by atoms with E-state index in [-0.39, 0.29) is 24.1 Å². The minimum atomic E-state index is -0.352. The normalized spacial score (nSPS) is 23.6. The molecule has 2 fully saturated rings. The van der Waals surface area contributed by atoms with Crippen LogP contribution in [0.25, 0.3) is 0 Å². The van der Waals surface area contributed by atoms with E-state index in [2.05, 4.69) is 16.0 Å². The lowest BCUT2D eigenvalue weighted by atomic mass is 9.94. The SMILES string of the molecule is Cl.O=C(Nc1ccc(CNC2CCCC2C2COCCN2)cc1)c1ccc(F)cc1. The van der Waals surface area contributed by atoms with Gasteiger partial charge in [0.2, 0.25) is 0 Å². The Labute approximate surface area is 183 Å². The lowest BCUT2D eigenvalue weighted by molar-refractivity contribution is 0.0524. The number of halogens is 2. The Morgan fingerprint density at radius 1 is 1.10 bits per heavy atom. The van der Waals surface area contributed by atoms with Gasteiger partial charge in [0, 0.05) is 36.4 Å². The van der Waals surface area contributed by atoms with Crippen LogP contribution in [0.1, 0.15) is 35.2 Å². The highest BCUT2D eigenvalue weighted by Crippen LogP contribution is 2.29. The second-order valence-corrected chi connectivity index (χ2v) is 7.88. The molecule has 1 saturated carbocycles. The molecular formula is C23H29ClFN3O2. The zero-order valence-electron chi connectivity index (χ0n) is 16.9. The van der Waals surface area contributed by atoms with Crippen molar-refractivity contribution in [2.45, 2.75) is 37.9 Å². The van der Waals surface area contributed by atoms with Crippen LogP contribution in [-0.2, 0) is 11.3 Å². The van der Waals surface area contributed by atoms with Gasteiger partial charge in [-0.2, -0.15) is 0 Å². The van der Waals surface area contributed by atoms with E-state index in [0.29, 0.717) is 23.6 Å². The summed E-state index contributed by atoms with van der Waals surface area (Å²) in [6, 6.07) is 14.4. The third-order valence-electron chi connectivity index (χ3n) is 5.92. The average Bonchev–Trinajstić information content (AvgIpc) is 3.23. The van der Waals surface area contributed by atoms with Gasteiger partial charge in [0.1, 0.15) is 5.82 Å². The smallest absolute Gasteiger partial charge is 0.255 e. The van der Waals surface area contributed by atoms with Gasteiger partial charge in [0.15, 0.2) is 0 Å². The summed E-state index contributed by atoms with van der Waals surface area (Å²) in [6.07, 6.45) is 3.70. The number of hydrogen-bond donors (Lipinski definition) is 3. The van der Waals surface area contributed by atoms with Crippen molar-refractivity contribution >= 4 is 24.0 Å². The molecule has 1 heterocycles. The van der Waals surface area contributed by atoms with Crippen molar-refractivity contribution in [1.29, 1.82) is 0 Å². The molecule has 3 unspecified atom stereocenters. The number of ether oxygens (including phenoxy) is 1. The van der Waals surface area contributed by atoms with E-state index in [1.165, 1.54) is 49.1 Å². The number of rotatable bonds is 6. The van der Waals surface area contributed by atoms with E-state index in [9.17, 15) is 9.18 Å². The Hall–Kier alpha value is -1.99. The highest BCUT2D eigenvalue weighted by atomic mass is 35.5. The first-order valence-corrected chi connectivity index (χ1v) is 10.4. The maximum atomic E-state index is 13.0. The summed E-state index contributed by atoms with van der Waals surface area (Å²) in [7, 11) is 0. The summed E-state index contributed by atoms with van der Waals surface area (Å²) >= 11 is 0. The first-order chi connectivity index (χ1) is 14.2. The molecule has 0 bridgehead atoms. The molecule has 1 amide bonds. The maximum Gasteiger partial charge on any atom is 0.255 e. The fourth-order valence-electron chi connectivity index (χ4n) is 4.34. The molecule has 3 atom stereocenters. The van der Waals surface area contributed by atoms with Crippen LogP contribution in [-0.4, -0.2) is 37.7 Å². The number of carbonyl (C=O) groups excluding carboxylic acids is 1. The Kier molecular flexibility index (Phi) is 8.22. The summed E-state index contributed by atoms with van der Waals surface area (Å²) in [5, 5.41) is 10.2. The lowest BCUT2D eigenvalue weighted by Gasteiger charge is -2.33. The van der Waals surface area contributed by atoms with Crippen LogP contribution in [0.2, 0.25) is 0 Å². The number of hydrogen-bond acceptors (Lipinski definition) is 4. The minimum absolute atomic E-state index is 0. The van der Waals surface area contributed by atoms with Crippen molar-refractivity contribution in [3.05, 3.63) is 65.5 Å². The van der Waals surface area contributed by atoms with Crippen molar-refractivity contribution in [3.8, 4) is 0 Å². The molecular weight excluding hydrogens is 405 g/mol. The van der Waals surface area contributed by atoms with Crippen LogP contribution >= 0.6 is 12.4 Å². The van der Waals surface area contributed by atoms with Crippen LogP contribution in [0.4, 0.5) is 10.1 Å². The molecule has 0 radical (unpaired) electrons. The van der Waals surface area contributed by atoms with Crippen molar-refractivity contribution < 1.29 is 13.9 Å². The molecule has 2 aliphatic rings. The van der Waals surface area contributed by atoms with Crippen molar-refractivity contribution in [2.75, 3.05) is 25.1 Å². The quantitative estimate of drug-likeness (QED) is 0.649. The number of morpholine rings is 1. The molecule has 1 saturated heterocycles.